The van der Waals surface area contributed by atoms with Crippen molar-refractivity contribution in [2.24, 2.45) is 28.2 Å². The fourth-order valence-electron chi connectivity index (χ4n) is 12.8. The van der Waals surface area contributed by atoms with Crippen molar-refractivity contribution in [1.82, 2.24) is 0 Å². The van der Waals surface area contributed by atoms with E-state index in [0.717, 1.165) is 0 Å². The van der Waals surface area contributed by atoms with Gasteiger partial charge in [-0.15, -0.1) is 0 Å². The zero-order valence-corrected chi connectivity index (χ0v) is 58.3. The lowest BCUT2D eigenvalue weighted by Crippen LogP contribution is -2.37. The van der Waals surface area contributed by atoms with E-state index in [1.165, 1.54) is 212 Å². The summed E-state index contributed by atoms with van der Waals surface area (Å²) in [7, 11) is 8.70. The quantitative estimate of drug-likeness (QED) is 0.156. The lowest BCUT2D eigenvalue weighted by molar-refractivity contribution is -0.667. The molecule has 0 aliphatic carbocycles. The van der Waals surface area contributed by atoms with Gasteiger partial charge < -0.3 is 0 Å². The zero-order chi connectivity index (χ0) is 62.5. The number of nitrogens with zero attached hydrogens (tertiary/aromatic N) is 4. The molecule has 4 nitrogen and oxygen atoms in total. The van der Waals surface area contributed by atoms with Crippen LogP contribution in [0.15, 0.2) is 36.5 Å². The molecule has 4 heterocycles. The Bertz CT molecular complexity index is 3680. The van der Waals surface area contributed by atoms with Crippen LogP contribution in [0.2, 0.25) is 0 Å². The minimum absolute atomic E-state index is 1.28. The summed E-state index contributed by atoms with van der Waals surface area (Å²) < 4.78 is 9.31. The van der Waals surface area contributed by atoms with Crippen molar-refractivity contribution in [3.05, 3.63) is 204 Å². The summed E-state index contributed by atoms with van der Waals surface area (Å²) >= 11 is 0. The summed E-state index contributed by atoms with van der Waals surface area (Å²) in [6, 6.07) is 11.4. The monoisotopic (exact) mass is 1100 g/mol. The third-order valence-corrected chi connectivity index (χ3v) is 21.2. The van der Waals surface area contributed by atoms with Crippen molar-refractivity contribution >= 4 is 0 Å². The highest BCUT2D eigenvalue weighted by Crippen LogP contribution is 2.37. The first-order valence-corrected chi connectivity index (χ1v) is 30.0. The highest BCUT2D eigenvalue weighted by Gasteiger charge is 2.29. The van der Waals surface area contributed by atoms with E-state index in [1.54, 1.807) is 0 Å². The second-order valence-electron chi connectivity index (χ2n) is 25.2. The molecule has 436 valence electrons. The smallest absolute Gasteiger partial charge is 0.201 e. The van der Waals surface area contributed by atoms with E-state index < -0.39 is 0 Å². The SMILES string of the molecule is Cc1c(C)c(C)c(-c2c(C)c(C)c(C)c(C)[n+]2C)c(C)c1C.Cc1cc(-c2c(C)c(C)c(C)c(C)[n+]2C)c(C)c(C)c1C.Cc1cc(C)c(-c2c(C)c(C)c(C)c(C)[n+]2C)c(C)c1C.Cc1ccc(-c2cc(C)c(C)c(C)c2C)[n+](C)c1. The average molecular weight is 1100 g/mol. The van der Waals surface area contributed by atoms with Crippen LogP contribution in [0.4, 0.5) is 0 Å². The maximum Gasteiger partial charge on any atom is 0.216 e. The molecule has 8 rings (SSSR count). The predicted octanol–water partition coefficient (Wildman–Crippen LogP) is 18.0. The third kappa shape index (κ3) is 12.1. The standard InChI is InChI=1S/C21H30N.2C20H28N.C17H22N/c1-11-12(2)16(6)20(17(7)13(11)3)21-18(8)14(4)15(5)19(9)22(21)10;1-11-10-19(16(6)13(3)12(11)2)20-17(7)14(4)15(5)18(8)21(20)9;1-11-10-12(2)19(16(6)13(11)3)20-17(7)14(4)15(5)18(8)21(20)9;1-11-7-8-17(18(6)10-11)16-9-12(2)13(3)14(4)15(16)5/h1-10H3;2*10H,1-9H3;7-10H,1-6H3/q4*+1. The molecule has 0 radical (unpaired) electrons. The molecule has 0 atom stereocenters. The van der Waals surface area contributed by atoms with Crippen molar-refractivity contribution in [3.8, 4) is 45.0 Å². The van der Waals surface area contributed by atoms with Gasteiger partial charge in [-0.3, -0.25) is 0 Å². The Morgan fingerprint density at radius 1 is 0.232 bits per heavy atom. The summed E-state index contributed by atoms with van der Waals surface area (Å²) in [4.78, 5) is 0. The van der Waals surface area contributed by atoms with Gasteiger partial charge in [0.2, 0.25) is 22.8 Å². The van der Waals surface area contributed by atoms with Gasteiger partial charge in [-0.1, -0.05) is 6.07 Å². The third-order valence-electron chi connectivity index (χ3n) is 21.2. The zero-order valence-electron chi connectivity index (χ0n) is 58.3. The first-order valence-electron chi connectivity index (χ1n) is 30.0. The fraction of sp³-hybridized carbons (Fsp3) is 0.436. The van der Waals surface area contributed by atoms with Gasteiger partial charge in [-0.05, 0) is 316 Å². The summed E-state index contributed by atoms with van der Waals surface area (Å²) in [6.45, 7) is 67.0. The molecule has 0 saturated carbocycles. The summed E-state index contributed by atoms with van der Waals surface area (Å²) in [5.41, 5.74) is 52.8. The van der Waals surface area contributed by atoms with Gasteiger partial charge in [0.1, 0.15) is 28.2 Å². The maximum atomic E-state index is 2.38. The van der Waals surface area contributed by atoms with Crippen LogP contribution in [0.25, 0.3) is 45.0 Å². The Balaban J connectivity index is 0.000000201. The molecule has 0 bridgehead atoms. The Labute approximate surface area is 500 Å². The minimum Gasteiger partial charge on any atom is -0.201 e. The normalized spacial score (nSPS) is 11.0. The van der Waals surface area contributed by atoms with Gasteiger partial charge in [-0.25, -0.2) is 4.57 Å². The van der Waals surface area contributed by atoms with E-state index in [9.17, 15) is 0 Å². The molecule has 0 aliphatic rings. The van der Waals surface area contributed by atoms with Gasteiger partial charge >= 0.3 is 0 Å². The molecule has 0 N–H and O–H groups in total. The van der Waals surface area contributed by atoms with Gasteiger partial charge in [0, 0.05) is 76.9 Å². The second kappa shape index (κ2) is 25.5. The Morgan fingerprint density at radius 2 is 0.524 bits per heavy atom. The lowest BCUT2D eigenvalue weighted by atomic mass is 9.85. The van der Waals surface area contributed by atoms with E-state index in [4.69, 9.17) is 0 Å². The van der Waals surface area contributed by atoms with Crippen LogP contribution < -0.4 is 18.3 Å². The van der Waals surface area contributed by atoms with Crippen LogP contribution >= 0.6 is 0 Å². The van der Waals surface area contributed by atoms with E-state index >= 15 is 0 Å². The average Bonchev–Trinajstić information content (AvgIpc) is 3.58. The van der Waals surface area contributed by atoms with E-state index in [1.807, 2.05) is 0 Å². The molecule has 4 aromatic carbocycles. The molecule has 0 aliphatic heterocycles. The number of hydrogen-bond donors (Lipinski definition) is 0. The van der Waals surface area contributed by atoms with Crippen molar-refractivity contribution < 1.29 is 18.3 Å². The number of aromatic nitrogens is 4. The molecule has 8 aromatic rings. The minimum atomic E-state index is 1.28. The molecule has 0 spiro atoms. The molecular formula is C78H108N4+4. The molecule has 0 saturated heterocycles. The van der Waals surface area contributed by atoms with E-state index in [-0.39, 0.29) is 0 Å². The van der Waals surface area contributed by atoms with Gasteiger partial charge in [-0.2, -0.15) is 13.7 Å². The summed E-state index contributed by atoms with van der Waals surface area (Å²) in [5.74, 6) is 0. The molecule has 4 heteroatoms. The summed E-state index contributed by atoms with van der Waals surface area (Å²) in [6.07, 6.45) is 2.18. The highest BCUT2D eigenvalue weighted by atomic mass is 15.0. The number of hydrogen-bond acceptors (Lipinski definition) is 0. The molecule has 0 amide bonds. The van der Waals surface area contributed by atoms with Gasteiger partial charge in [0.25, 0.3) is 0 Å². The van der Waals surface area contributed by atoms with Crippen LogP contribution in [0.5, 0.6) is 0 Å². The van der Waals surface area contributed by atoms with Crippen molar-refractivity contribution in [2.75, 3.05) is 0 Å². The number of pyridine rings is 4. The molecule has 0 fully saturated rings. The van der Waals surface area contributed by atoms with Crippen LogP contribution in [-0.4, -0.2) is 0 Å². The van der Waals surface area contributed by atoms with Crippen molar-refractivity contribution in [3.63, 3.8) is 0 Å². The van der Waals surface area contributed by atoms with Crippen molar-refractivity contribution in [1.29, 1.82) is 0 Å². The first-order chi connectivity index (χ1) is 37.9. The number of aryl methyl sites for hydroxylation is 6. The van der Waals surface area contributed by atoms with E-state index in [0.29, 0.717) is 0 Å². The Morgan fingerprint density at radius 3 is 0.939 bits per heavy atom. The fourth-order valence-corrected chi connectivity index (χ4v) is 12.8. The molecule has 0 unspecified atom stereocenters. The maximum absolute atomic E-state index is 2.38. The lowest BCUT2D eigenvalue weighted by Gasteiger charge is -2.20. The first kappa shape index (κ1) is 66.3. The van der Waals surface area contributed by atoms with Crippen molar-refractivity contribution in [2.45, 2.75) is 208 Å². The van der Waals surface area contributed by atoms with E-state index in [2.05, 4.69) is 291 Å². The largest absolute Gasteiger partial charge is 0.216 e. The Hall–Kier alpha value is -6.52. The predicted molar refractivity (Wildman–Crippen MR) is 354 cm³/mol. The topological polar surface area (TPSA) is 15.5 Å². The van der Waals surface area contributed by atoms with Crippen LogP contribution in [0, 0.1) is 208 Å². The Kier molecular flexibility index (Phi) is 20.6. The second-order valence-corrected chi connectivity index (χ2v) is 25.2. The highest BCUT2D eigenvalue weighted by molar-refractivity contribution is 5.75. The van der Waals surface area contributed by atoms with Crippen LogP contribution in [0.1, 0.15) is 167 Å². The number of rotatable bonds is 4. The molecular weight excluding hydrogens is 993 g/mol. The molecule has 82 heavy (non-hydrogen) atoms. The molecule has 4 aromatic heterocycles. The van der Waals surface area contributed by atoms with Crippen LogP contribution in [0.3, 0.4) is 0 Å². The number of benzene rings is 4. The van der Waals surface area contributed by atoms with Crippen LogP contribution in [-0.2, 0) is 28.2 Å². The van der Waals surface area contributed by atoms with Gasteiger partial charge in [0.05, 0.1) is 11.1 Å². The van der Waals surface area contributed by atoms with Gasteiger partial charge in [0.15, 0.2) is 23.3 Å². The summed E-state index contributed by atoms with van der Waals surface area (Å²) in [5, 5.41) is 0.